The van der Waals surface area contributed by atoms with Crippen molar-refractivity contribution in [1.29, 1.82) is 0 Å². The minimum absolute atomic E-state index is 0.864. The summed E-state index contributed by atoms with van der Waals surface area (Å²) in [6.45, 7) is 3.48. The molecule has 1 aliphatic heterocycles. The molecule has 0 atom stereocenters. The third-order valence-corrected chi connectivity index (χ3v) is 2.21. The number of hydrogen-bond acceptors (Lipinski definition) is 2. The Morgan fingerprint density at radius 1 is 1.40 bits per heavy atom. The lowest BCUT2D eigenvalue weighted by atomic mass is 9.95. The summed E-state index contributed by atoms with van der Waals surface area (Å²) in [5, 5.41) is 0. The molecule has 0 bridgehead atoms. The van der Waals surface area contributed by atoms with E-state index in [-0.39, 0.29) is 0 Å². The van der Waals surface area contributed by atoms with Gasteiger partial charge < -0.3 is 10.6 Å². The molecule has 2 nitrogen and oxygen atoms in total. The summed E-state index contributed by atoms with van der Waals surface area (Å²) in [5.41, 5.74) is 5.39. The summed E-state index contributed by atoms with van der Waals surface area (Å²) in [7, 11) is 2.18. The minimum atomic E-state index is 0.864. The van der Waals surface area contributed by atoms with Crippen molar-refractivity contribution < 1.29 is 0 Å². The first-order valence-corrected chi connectivity index (χ1v) is 4.21. The van der Waals surface area contributed by atoms with Gasteiger partial charge in [0.1, 0.15) is 0 Å². The standard InChI is InChI=1S/C8H18N2/c1-10-6-8(7-10)4-2-3-5-9/h8H,2-7,9H2,1H3. The Hall–Kier alpha value is -0.0800. The van der Waals surface area contributed by atoms with Crippen LogP contribution in [0.25, 0.3) is 0 Å². The second-order valence-corrected chi connectivity index (χ2v) is 3.37. The average molecular weight is 142 g/mol. The molecule has 10 heavy (non-hydrogen) atoms. The van der Waals surface area contributed by atoms with Crippen LogP contribution in [-0.2, 0) is 0 Å². The maximum absolute atomic E-state index is 5.39. The van der Waals surface area contributed by atoms with Crippen LogP contribution in [0, 0.1) is 5.92 Å². The molecule has 2 N–H and O–H groups in total. The Morgan fingerprint density at radius 2 is 2.10 bits per heavy atom. The van der Waals surface area contributed by atoms with E-state index >= 15 is 0 Å². The van der Waals surface area contributed by atoms with Gasteiger partial charge in [0.25, 0.3) is 0 Å². The second kappa shape index (κ2) is 3.94. The topological polar surface area (TPSA) is 29.3 Å². The average Bonchev–Trinajstić information content (AvgIpc) is 1.85. The van der Waals surface area contributed by atoms with Crippen LogP contribution >= 0.6 is 0 Å². The van der Waals surface area contributed by atoms with E-state index in [9.17, 15) is 0 Å². The number of rotatable bonds is 4. The van der Waals surface area contributed by atoms with Crippen LogP contribution in [0.1, 0.15) is 19.3 Å². The lowest BCUT2D eigenvalue weighted by molar-refractivity contribution is 0.125. The lowest BCUT2D eigenvalue weighted by Gasteiger charge is -2.36. The zero-order valence-corrected chi connectivity index (χ0v) is 6.84. The maximum atomic E-state index is 5.39. The molecule has 2 heteroatoms. The first kappa shape index (κ1) is 8.02. The summed E-state index contributed by atoms with van der Waals surface area (Å²) < 4.78 is 0. The third-order valence-electron chi connectivity index (χ3n) is 2.21. The third kappa shape index (κ3) is 2.27. The fourth-order valence-corrected chi connectivity index (χ4v) is 1.59. The predicted molar refractivity (Wildman–Crippen MR) is 43.9 cm³/mol. The Bertz CT molecular complexity index is 87.3. The SMILES string of the molecule is CN1CC(CCCCN)C1. The van der Waals surface area contributed by atoms with E-state index in [1.165, 1.54) is 32.4 Å². The number of nitrogens with two attached hydrogens (primary N) is 1. The molecule has 1 heterocycles. The van der Waals surface area contributed by atoms with Crippen molar-refractivity contribution >= 4 is 0 Å². The van der Waals surface area contributed by atoms with Gasteiger partial charge in [-0.25, -0.2) is 0 Å². The van der Waals surface area contributed by atoms with Crippen LogP contribution in [0.2, 0.25) is 0 Å². The second-order valence-electron chi connectivity index (χ2n) is 3.37. The van der Waals surface area contributed by atoms with Crippen molar-refractivity contribution in [3.8, 4) is 0 Å². The van der Waals surface area contributed by atoms with Gasteiger partial charge in [-0.05, 0) is 32.4 Å². The Kier molecular flexibility index (Phi) is 3.16. The van der Waals surface area contributed by atoms with Crippen LogP contribution in [-0.4, -0.2) is 31.6 Å². The minimum Gasteiger partial charge on any atom is -0.330 e. The molecule has 1 aliphatic rings. The van der Waals surface area contributed by atoms with Crippen molar-refractivity contribution in [2.75, 3.05) is 26.7 Å². The van der Waals surface area contributed by atoms with Gasteiger partial charge in [0, 0.05) is 13.1 Å². The van der Waals surface area contributed by atoms with E-state index in [1.807, 2.05) is 0 Å². The van der Waals surface area contributed by atoms with Crippen LogP contribution in [0.3, 0.4) is 0 Å². The van der Waals surface area contributed by atoms with Crippen molar-refractivity contribution in [1.82, 2.24) is 4.90 Å². The van der Waals surface area contributed by atoms with Crippen molar-refractivity contribution in [2.45, 2.75) is 19.3 Å². The Labute approximate surface area is 63.4 Å². The molecule has 0 aliphatic carbocycles. The summed E-state index contributed by atoms with van der Waals surface area (Å²) >= 11 is 0. The van der Waals surface area contributed by atoms with Crippen LogP contribution in [0.5, 0.6) is 0 Å². The number of unbranched alkanes of at least 4 members (excludes halogenated alkanes) is 1. The molecule has 1 rings (SSSR count). The van der Waals surface area contributed by atoms with Gasteiger partial charge in [-0.1, -0.05) is 6.42 Å². The quantitative estimate of drug-likeness (QED) is 0.585. The molecule has 1 fully saturated rings. The Morgan fingerprint density at radius 3 is 2.60 bits per heavy atom. The molecule has 0 aromatic carbocycles. The lowest BCUT2D eigenvalue weighted by Crippen LogP contribution is -2.43. The molecule has 1 saturated heterocycles. The molecule has 60 valence electrons. The Balaban J connectivity index is 1.86. The molecule has 0 aromatic rings. The predicted octanol–water partition coefficient (Wildman–Crippen LogP) is 0.677. The molecule has 0 radical (unpaired) electrons. The normalized spacial score (nSPS) is 21.0. The van der Waals surface area contributed by atoms with E-state index in [0.717, 1.165) is 12.5 Å². The highest BCUT2D eigenvalue weighted by molar-refractivity contribution is 4.76. The molecule has 0 unspecified atom stereocenters. The maximum Gasteiger partial charge on any atom is 0.00190 e. The van der Waals surface area contributed by atoms with Crippen molar-refractivity contribution in [3.63, 3.8) is 0 Å². The molecule has 0 saturated carbocycles. The van der Waals surface area contributed by atoms with Crippen LogP contribution in [0.4, 0.5) is 0 Å². The highest BCUT2D eigenvalue weighted by atomic mass is 15.2. The summed E-state index contributed by atoms with van der Waals surface area (Å²) in [6, 6.07) is 0. The molecular weight excluding hydrogens is 124 g/mol. The number of hydrogen-bond donors (Lipinski definition) is 1. The summed E-state index contributed by atoms with van der Waals surface area (Å²) in [5.74, 6) is 0.983. The van der Waals surface area contributed by atoms with Gasteiger partial charge in [0.15, 0.2) is 0 Å². The first-order valence-electron chi connectivity index (χ1n) is 4.21. The van der Waals surface area contributed by atoms with Crippen molar-refractivity contribution in [3.05, 3.63) is 0 Å². The summed E-state index contributed by atoms with van der Waals surface area (Å²) in [4.78, 5) is 2.37. The van der Waals surface area contributed by atoms with Gasteiger partial charge in [0.2, 0.25) is 0 Å². The van der Waals surface area contributed by atoms with Crippen LogP contribution in [0.15, 0.2) is 0 Å². The largest absolute Gasteiger partial charge is 0.330 e. The zero-order valence-electron chi connectivity index (χ0n) is 6.84. The number of nitrogens with zero attached hydrogens (tertiary/aromatic N) is 1. The van der Waals surface area contributed by atoms with E-state index in [1.54, 1.807) is 0 Å². The van der Waals surface area contributed by atoms with Gasteiger partial charge in [-0.2, -0.15) is 0 Å². The zero-order chi connectivity index (χ0) is 7.40. The van der Waals surface area contributed by atoms with E-state index in [2.05, 4.69) is 11.9 Å². The summed E-state index contributed by atoms with van der Waals surface area (Å²) in [6.07, 6.45) is 3.93. The van der Waals surface area contributed by atoms with Gasteiger partial charge >= 0.3 is 0 Å². The molecular formula is C8H18N2. The highest BCUT2D eigenvalue weighted by Crippen LogP contribution is 2.18. The van der Waals surface area contributed by atoms with Gasteiger partial charge in [-0.15, -0.1) is 0 Å². The van der Waals surface area contributed by atoms with Gasteiger partial charge in [0.05, 0.1) is 0 Å². The molecule has 0 spiro atoms. The highest BCUT2D eigenvalue weighted by Gasteiger charge is 2.21. The van der Waals surface area contributed by atoms with Crippen LogP contribution < -0.4 is 5.73 Å². The number of likely N-dealkylation sites (tertiary alicyclic amines) is 1. The van der Waals surface area contributed by atoms with E-state index in [0.29, 0.717) is 0 Å². The fourth-order valence-electron chi connectivity index (χ4n) is 1.59. The fraction of sp³-hybridized carbons (Fsp3) is 1.00. The first-order chi connectivity index (χ1) is 4.83. The molecule has 0 amide bonds. The monoisotopic (exact) mass is 142 g/mol. The van der Waals surface area contributed by atoms with E-state index < -0.39 is 0 Å². The molecule has 0 aromatic heterocycles. The smallest absolute Gasteiger partial charge is 0.00190 e. The van der Waals surface area contributed by atoms with E-state index in [4.69, 9.17) is 5.73 Å². The van der Waals surface area contributed by atoms with Gasteiger partial charge in [-0.3, -0.25) is 0 Å². The van der Waals surface area contributed by atoms with Crippen molar-refractivity contribution in [2.24, 2.45) is 11.7 Å².